The Labute approximate surface area is 176 Å². The van der Waals surface area contributed by atoms with Gasteiger partial charge in [-0.15, -0.1) is 11.3 Å². The van der Waals surface area contributed by atoms with E-state index in [9.17, 15) is 9.59 Å². The van der Waals surface area contributed by atoms with Crippen molar-refractivity contribution in [1.82, 2.24) is 19.5 Å². The molecule has 0 spiro atoms. The SMILES string of the molecule is CCCCn1c(SCc2nc3sc(C)c(C)c3c(=O)[nH]2)nc2ccccc2c1=O. The first-order valence-corrected chi connectivity index (χ1v) is 11.4. The first kappa shape index (κ1) is 19.8. The van der Waals surface area contributed by atoms with E-state index in [-0.39, 0.29) is 11.1 Å². The number of nitrogens with one attached hydrogen (secondary N) is 1. The van der Waals surface area contributed by atoms with Gasteiger partial charge in [0, 0.05) is 11.4 Å². The average Bonchev–Trinajstić information content (AvgIpc) is 3.00. The maximum absolute atomic E-state index is 13.0. The second-order valence-corrected chi connectivity index (χ2v) is 9.13. The van der Waals surface area contributed by atoms with E-state index in [2.05, 4.69) is 16.9 Å². The molecule has 0 radical (unpaired) electrons. The van der Waals surface area contributed by atoms with E-state index in [1.165, 1.54) is 23.1 Å². The van der Waals surface area contributed by atoms with Gasteiger partial charge in [-0.1, -0.05) is 37.2 Å². The predicted octanol–water partition coefficient (Wildman–Crippen LogP) is 4.40. The van der Waals surface area contributed by atoms with Crippen LogP contribution < -0.4 is 11.1 Å². The fourth-order valence-corrected chi connectivity index (χ4v) is 5.22. The molecule has 4 rings (SSSR count). The number of nitrogens with zero attached hydrogens (tertiary/aromatic N) is 3. The highest BCUT2D eigenvalue weighted by molar-refractivity contribution is 7.98. The van der Waals surface area contributed by atoms with Crippen LogP contribution in [-0.2, 0) is 12.3 Å². The number of aryl methyl sites for hydroxylation is 2. The molecule has 1 N–H and O–H groups in total. The summed E-state index contributed by atoms with van der Waals surface area (Å²) in [6.07, 6.45) is 1.90. The first-order chi connectivity index (χ1) is 14.0. The molecule has 0 fully saturated rings. The van der Waals surface area contributed by atoms with Gasteiger partial charge in [0.05, 0.1) is 22.0 Å². The van der Waals surface area contributed by atoms with Crippen LogP contribution in [0.25, 0.3) is 21.1 Å². The highest BCUT2D eigenvalue weighted by atomic mass is 32.2. The maximum Gasteiger partial charge on any atom is 0.262 e. The summed E-state index contributed by atoms with van der Waals surface area (Å²) in [4.78, 5) is 39.6. The van der Waals surface area contributed by atoms with Gasteiger partial charge in [-0.25, -0.2) is 9.97 Å². The third-order valence-corrected chi connectivity index (χ3v) is 7.08. The predicted molar refractivity (Wildman–Crippen MR) is 120 cm³/mol. The lowest BCUT2D eigenvalue weighted by Gasteiger charge is -2.12. The Morgan fingerprint density at radius 1 is 1.17 bits per heavy atom. The van der Waals surface area contributed by atoms with Crippen molar-refractivity contribution < 1.29 is 0 Å². The van der Waals surface area contributed by atoms with Crippen molar-refractivity contribution in [2.45, 2.75) is 51.1 Å². The summed E-state index contributed by atoms with van der Waals surface area (Å²) in [6.45, 7) is 6.68. The zero-order valence-electron chi connectivity index (χ0n) is 16.6. The van der Waals surface area contributed by atoms with Crippen LogP contribution in [0.5, 0.6) is 0 Å². The van der Waals surface area contributed by atoms with Gasteiger partial charge in [-0.2, -0.15) is 0 Å². The van der Waals surface area contributed by atoms with Crippen molar-refractivity contribution in [2.24, 2.45) is 0 Å². The van der Waals surface area contributed by atoms with E-state index < -0.39 is 0 Å². The molecule has 6 nitrogen and oxygen atoms in total. The lowest BCUT2D eigenvalue weighted by molar-refractivity contribution is 0.557. The monoisotopic (exact) mass is 426 g/mol. The maximum atomic E-state index is 13.0. The van der Waals surface area contributed by atoms with Crippen molar-refractivity contribution in [2.75, 3.05) is 0 Å². The summed E-state index contributed by atoms with van der Waals surface area (Å²) in [5.74, 6) is 1.04. The van der Waals surface area contributed by atoms with Crippen LogP contribution in [0.3, 0.4) is 0 Å². The van der Waals surface area contributed by atoms with Gasteiger partial charge in [0.15, 0.2) is 5.16 Å². The fourth-order valence-electron chi connectivity index (χ4n) is 3.27. The summed E-state index contributed by atoms with van der Waals surface area (Å²) in [6, 6.07) is 7.41. The Kier molecular flexibility index (Phi) is 5.56. The normalized spacial score (nSPS) is 11.6. The molecule has 0 saturated carbocycles. The van der Waals surface area contributed by atoms with Crippen LogP contribution in [0, 0.1) is 13.8 Å². The molecule has 0 saturated heterocycles. The van der Waals surface area contributed by atoms with E-state index in [1.54, 1.807) is 4.57 Å². The number of thiophene rings is 1. The lowest BCUT2D eigenvalue weighted by Crippen LogP contribution is -2.23. The van der Waals surface area contributed by atoms with Crippen molar-refractivity contribution in [3.05, 3.63) is 61.2 Å². The number of thioether (sulfide) groups is 1. The molecule has 0 unspecified atom stereocenters. The van der Waals surface area contributed by atoms with Crippen LogP contribution in [0.1, 0.15) is 36.0 Å². The van der Waals surface area contributed by atoms with Crippen LogP contribution >= 0.6 is 23.1 Å². The van der Waals surface area contributed by atoms with Crippen molar-refractivity contribution in [1.29, 1.82) is 0 Å². The second-order valence-electron chi connectivity index (χ2n) is 6.99. The van der Waals surface area contributed by atoms with Crippen LogP contribution in [-0.4, -0.2) is 19.5 Å². The number of para-hydroxylation sites is 1. The Morgan fingerprint density at radius 3 is 2.76 bits per heavy atom. The Morgan fingerprint density at radius 2 is 1.97 bits per heavy atom. The second kappa shape index (κ2) is 8.12. The summed E-state index contributed by atoms with van der Waals surface area (Å²) in [5, 5.41) is 1.96. The smallest absolute Gasteiger partial charge is 0.262 e. The number of aromatic amines is 1. The van der Waals surface area contributed by atoms with Crippen LogP contribution in [0.4, 0.5) is 0 Å². The number of rotatable bonds is 6. The van der Waals surface area contributed by atoms with Crippen molar-refractivity contribution >= 4 is 44.2 Å². The number of unbranched alkanes of at least 4 members (excludes halogenated alkanes) is 1. The number of hydrogen-bond donors (Lipinski definition) is 1. The minimum Gasteiger partial charge on any atom is -0.309 e. The van der Waals surface area contributed by atoms with Gasteiger partial charge in [-0.05, 0) is 38.0 Å². The molecule has 3 heterocycles. The van der Waals surface area contributed by atoms with Gasteiger partial charge in [0.25, 0.3) is 11.1 Å². The summed E-state index contributed by atoms with van der Waals surface area (Å²) >= 11 is 2.97. The minimum absolute atomic E-state index is 0.0204. The standard InChI is InChI=1S/C21H22N4O2S2/c1-4-5-10-25-20(27)14-8-6-7-9-15(14)22-21(25)28-11-16-23-18(26)17-12(2)13(3)29-19(17)24-16/h6-9H,4-5,10-11H2,1-3H3,(H,23,24,26). The number of hydrogen-bond acceptors (Lipinski definition) is 6. The molecule has 3 aromatic heterocycles. The number of fused-ring (bicyclic) bond motifs is 2. The van der Waals surface area contributed by atoms with E-state index in [1.807, 2.05) is 38.1 Å². The molecule has 29 heavy (non-hydrogen) atoms. The largest absolute Gasteiger partial charge is 0.309 e. The minimum atomic E-state index is -0.109. The first-order valence-electron chi connectivity index (χ1n) is 9.61. The van der Waals surface area contributed by atoms with Crippen molar-refractivity contribution in [3.63, 3.8) is 0 Å². The van der Waals surface area contributed by atoms with Crippen LogP contribution in [0.15, 0.2) is 39.0 Å². The molecule has 0 bridgehead atoms. The molecule has 150 valence electrons. The molecule has 0 aliphatic carbocycles. The number of aromatic nitrogens is 4. The average molecular weight is 427 g/mol. The Bertz CT molecular complexity index is 1320. The molecule has 0 atom stereocenters. The van der Waals surface area contributed by atoms with Crippen LogP contribution in [0.2, 0.25) is 0 Å². The molecule has 1 aromatic carbocycles. The summed E-state index contributed by atoms with van der Waals surface area (Å²) < 4.78 is 1.74. The summed E-state index contributed by atoms with van der Waals surface area (Å²) in [7, 11) is 0. The van der Waals surface area contributed by atoms with E-state index in [4.69, 9.17) is 4.98 Å². The van der Waals surface area contributed by atoms with Crippen molar-refractivity contribution in [3.8, 4) is 0 Å². The Hall–Kier alpha value is -2.45. The highest BCUT2D eigenvalue weighted by Gasteiger charge is 2.14. The number of H-pyrrole nitrogens is 1. The van der Waals surface area contributed by atoms with E-state index >= 15 is 0 Å². The van der Waals surface area contributed by atoms with Gasteiger partial charge in [0.2, 0.25) is 0 Å². The fraction of sp³-hybridized carbons (Fsp3) is 0.333. The number of benzene rings is 1. The van der Waals surface area contributed by atoms with E-state index in [0.717, 1.165) is 28.1 Å². The lowest BCUT2D eigenvalue weighted by atomic mass is 10.2. The quantitative estimate of drug-likeness (QED) is 0.365. The molecular formula is C21H22N4O2S2. The molecule has 0 aliphatic rings. The van der Waals surface area contributed by atoms with Gasteiger partial charge in [0.1, 0.15) is 10.7 Å². The third kappa shape index (κ3) is 3.74. The third-order valence-electron chi connectivity index (χ3n) is 4.99. The van der Waals surface area contributed by atoms with Gasteiger partial charge in [-0.3, -0.25) is 14.2 Å². The molecular weight excluding hydrogens is 404 g/mol. The highest BCUT2D eigenvalue weighted by Crippen LogP contribution is 2.27. The Balaban J connectivity index is 1.71. The zero-order chi connectivity index (χ0) is 20.5. The molecule has 0 aliphatic heterocycles. The molecule has 8 heteroatoms. The summed E-state index contributed by atoms with van der Waals surface area (Å²) in [5.41, 5.74) is 1.55. The zero-order valence-corrected chi connectivity index (χ0v) is 18.2. The van der Waals surface area contributed by atoms with E-state index in [0.29, 0.717) is 39.6 Å². The van der Waals surface area contributed by atoms with Gasteiger partial charge < -0.3 is 4.98 Å². The molecule has 0 amide bonds. The topological polar surface area (TPSA) is 80.6 Å². The van der Waals surface area contributed by atoms with Gasteiger partial charge >= 0.3 is 0 Å². The molecule has 4 aromatic rings.